The zero-order valence-electron chi connectivity index (χ0n) is 9.83. The van der Waals surface area contributed by atoms with Crippen LogP contribution in [0.4, 0.5) is 0 Å². The molecule has 0 radical (unpaired) electrons. The van der Waals surface area contributed by atoms with Crippen LogP contribution in [0.15, 0.2) is 0 Å². The summed E-state index contributed by atoms with van der Waals surface area (Å²) in [6.07, 6.45) is 3.91. The van der Waals surface area contributed by atoms with E-state index in [2.05, 4.69) is 17.1 Å². The van der Waals surface area contributed by atoms with E-state index in [4.69, 9.17) is 0 Å². The third-order valence-corrected chi connectivity index (χ3v) is 4.11. The van der Waals surface area contributed by atoms with Crippen molar-refractivity contribution in [2.24, 2.45) is 0 Å². The highest BCUT2D eigenvalue weighted by Gasteiger charge is 2.13. The molecule has 0 aliphatic carbocycles. The van der Waals surface area contributed by atoms with Crippen molar-refractivity contribution in [2.45, 2.75) is 26.2 Å². The Morgan fingerprint density at radius 2 is 1.93 bits per heavy atom. The van der Waals surface area contributed by atoms with Gasteiger partial charge in [0.2, 0.25) is 0 Å². The van der Waals surface area contributed by atoms with Crippen LogP contribution < -0.4 is 5.32 Å². The fraction of sp³-hybridized carbons (Fsp3) is 1.00. The summed E-state index contributed by atoms with van der Waals surface area (Å²) in [5, 5.41) is 3.46. The molecule has 1 heterocycles. The van der Waals surface area contributed by atoms with Gasteiger partial charge in [0.1, 0.15) is 0 Å². The van der Waals surface area contributed by atoms with Crippen molar-refractivity contribution in [3.63, 3.8) is 0 Å². The number of unbranched alkanes of at least 4 members (excludes halogenated alkanes) is 2. The molecular weight excluding hydrogens is 208 g/mol. The van der Waals surface area contributed by atoms with Gasteiger partial charge in [-0.15, -0.1) is 0 Å². The lowest BCUT2D eigenvalue weighted by Crippen LogP contribution is -2.41. The number of nitrogens with zero attached hydrogens (tertiary/aromatic N) is 1. The van der Waals surface area contributed by atoms with Crippen LogP contribution in [0.2, 0.25) is 0 Å². The summed E-state index contributed by atoms with van der Waals surface area (Å²) in [4.78, 5) is 2.41. The molecule has 0 aromatic rings. The number of nitrogens with one attached hydrogen (secondary N) is 1. The van der Waals surface area contributed by atoms with Crippen LogP contribution >= 0.6 is 0 Å². The molecule has 0 amide bonds. The third-order valence-electron chi connectivity index (χ3n) is 2.83. The van der Waals surface area contributed by atoms with Crippen LogP contribution in [0.3, 0.4) is 0 Å². The van der Waals surface area contributed by atoms with Crippen molar-refractivity contribution < 1.29 is 4.21 Å². The molecule has 1 N–H and O–H groups in total. The molecule has 4 heteroatoms. The van der Waals surface area contributed by atoms with E-state index in [9.17, 15) is 4.21 Å². The minimum Gasteiger partial charge on any atom is -0.315 e. The first-order valence-electron chi connectivity index (χ1n) is 6.11. The molecule has 0 spiro atoms. The molecule has 1 saturated heterocycles. The Morgan fingerprint density at radius 3 is 2.60 bits per heavy atom. The highest BCUT2D eigenvalue weighted by Crippen LogP contribution is 1.98. The molecule has 0 aromatic carbocycles. The Morgan fingerprint density at radius 1 is 1.20 bits per heavy atom. The van der Waals surface area contributed by atoms with E-state index < -0.39 is 10.8 Å². The summed E-state index contributed by atoms with van der Waals surface area (Å²) in [5.41, 5.74) is 0. The highest BCUT2D eigenvalue weighted by atomic mass is 32.2. The molecule has 1 aliphatic rings. The van der Waals surface area contributed by atoms with Gasteiger partial charge in [-0.05, 0) is 13.0 Å². The van der Waals surface area contributed by atoms with E-state index >= 15 is 0 Å². The van der Waals surface area contributed by atoms with E-state index in [0.29, 0.717) is 0 Å². The quantitative estimate of drug-likeness (QED) is 0.660. The molecule has 0 unspecified atom stereocenters. The average Bonchev–Trinajstić information content (AvgIpc) is 2.26. The van der Waals surface area contributed by atoms with Crippen LogP contribution in [0.25, 0.3) is 0 Å². The molecule has 1 rings (SSSR count). The van der Waals surface area contributed by atoms with Crippen molar-refractivity contribution in [3.05, 3.63) is 0 Å². The lowest BCUT2D eigenvalue weighted by atomic mass is 10.2. The van der Waals surface area contributed by atoms with E-state index in [1.54, 1.807) is 0 Å². The monoisotopic (exact) mass is 232 g/mol. The van der Waals surface area contributed by atoms with Gasteiger partial charge >= 0.3 is 0 Å². The molecule has 15 heavy (non-hydrogen) atoms. The fourth-order valence-corrected chi connectivity index (χ4v) is 2.89. The van der Waals surface area contributed by atoms with Gasteiger partial charge in [-0.3, -0.25) is 4.21 Å². The predicted molar refractivity (Wildman–Crippen MR) is 66.7 cm³/mol. The van der Waals surface area contributed by atoms with Gasteiger partial charge < -0.3 is 10.2 Å². The minimum atomic E-state index is -0.535. The second-order valence-corrected chi connectivity index (χ2v) is 5.84. The zero-order valence-corrected chi connectivity index (χ0v) is 10.7. The summed E-state index contributed by atoms with van der Waals surface area (Å²) >= 11 is 0. The van der Waals surface area contributed by atoms with Gasteiger partial charge in [-0.25, -0.2) is 0 Å². The van der Waals surface area contributed by atoms with Crippen LogP contribution in [0.5, 0.6) is 0 Å². The maximum atomic E-state index is 11.1. The Balaban J connectivity index is 1.89. The van der Waals surface area contributed by atoms with E-state index in [1.165, 1.54) is 19.3 Å². The number of rotatable bonds is 7. The molecule has 1 fully saturated rings. The third kappa shape index (κ3) is 6.28. The molecule has 0 bridgehead atoms. The predicted octanol–water partition coefficient (Wildman–Crippen LogP) is 0.831. The highest BCUT2D eigenvalue weighted by molar-refractivity contribution is 7.85. The van der Waals surface area contributed by atoms with Crippen LogP contribution in [-0.2, 0) is 10.8 Å². The Hall–Kier alpha value is 0.0700. The second-order valence-electron chi connectivity index (χ2n) is 4.15. The summed E-state index contributed by atoms with van der Waals surface area (Å²) in [6.45, 7) is 7.60. The molecule has 0 atom stereocenters. The largest absolute Gasteiger partial charge is 0.315 e. The first-order chi connectivity index (χ1) is 7.33. The molecule has 3 nitrogen and oxygen atoms in total. The van der Waals surface area contributed by atoms with E-state index in [0.717, 1.165) is 44.2 Å². The zero-order chi connectivity index (χ0) is 10.9. The van der Waals surface area contributed by atoms with Crippen molar-refractivity contribution in [1.82, 2.24) is 10.2 Å². The van der Waals surface area contributed by atoms with Crippen molar-refractivity contribution in [3.8, 4) is 0 Å². The Bertz CT molecular complexity index is 177. The van der Waals surface area contributed by atoms with Gasteiger partial charge in [0.05, 0.1) is 0 Å². The lowest BCUT2D eigenvalue weighted by Gasteiger charge is -2.25. The molecular formula is C11H24N2OS. The Labute approximate surface area is 96.1 Å². The van der Waals surface area contributed by atoms with Crippen molar-refractivity contribution in [2.75, 3.05) is 44.2 Å². The van der Waals surface area contributed by atoms with Crippen LogP contribution in [0.1, 0.15) is 26.2 Å². The van der Waals surface area contributed by atoms with E-state index in [1.807, 2.05) is 0 Å². The van der Waals surface area contributed by atoms with Crippen LogP contribution in [0, 0.1) is 0 Å². The van der Waals surface area contributed by atoms with Gasteiger partial charge in [0.25, 0.3) is 0 Å². The topological polar surface area (TPSA) is 32.3 Å². The van der Waals surface area contributed by atoms with Gasteiger partial charge in [0, 0.05) is 48.5 Å². The van der Waals surface area contributed by atoms with Gasteiger partial charge in [-0.2, -0.15) is 0 Å². The Kier molecular flexibility index (Phi) is 7.22. The summed E-state index contributed by atoms with van der Waals surface area (Å²) in [6, 6.07) is 0. The summed E-state index contributed by atoms with van der Waals surface area (Å²) in [5.74, 6) is 1.74. The molecule has 0 aromatic heterocycles. The van der Waals surface area contributed by atoms with Crippen molar-refractivity contribution >= 4 is 10.8 Å². The summed E-state index contributed by atoms with van der Waals surface area (Å²) in [7, 11) is -0.535. The van der Waals surface area contributed by atoms with Crippen LogP contribution in [-0.4, -0.2) is 53.3 Å². The molecule has 0 saturated carbocycles. The van der Waals surface area contributed by atoms with Gasteiger partial charge in [0.15, 0.2) is 0 Å². The minimum absolute atomic E-state index is 0.535. The smallest absolute Gasteiger partial charge is 0.0363 e. The maximum absolute atomic E-state index is 11.1. The lowest BCUT2D eigenvalue weighted by molar-refractivity contribution is 0.298. The summed E-state index contributed by atoms with van der Waals surface area (Å²) < 4.78 is 11.1. The normalized spacial score (nSPS) is 19.5. The molecule has 1 aliphatic heterocycles. The SMILES string of the molecule is CCCCCNCCN1CCS(=O)CC1. The first kappa shape index (κ1) is 13.1. The van der Waals surface area contributed by atoms with Gasteiger partial charge in [-0.1, -0.05) is 19.8 Å². The fourth-order valence-electron chi connectivity index (χ4n) is 1.76. The average molecular weight is 232 g/mol. The maximum Gasteiger partial charge on any atom is 0.0363 e. The standard InChI is InChI=1S/C11H24N2OS/c1-2-3-4-5-12-6-7-13-8-10-15(14)11-9-13/h12H,2-11H2,1H3. The number of hydrogen-bond acceptors (Lipinski definition) is 3. The molecule has 90 valence electrons. The number of hydrogen-bond donors (Lipinski definition) is 1. The van der Waals surface area contributed by atoms with E-state index in [-0.39, 0.29) is 0 Å². The second kappa shape index (κ2) is 8.25. The van der Waals surface area contributed by atoms with Crippen molar-refractivity contribution in [1.29, 1.82) is 0 Å². The first-order valence-corrected chi connectivity index (χ1v) is 7.59.